The molecule has 5 nitrogen and oxygen atoms in total. The quantitative estimate of drug-likeness (QED) is 0.861. The molecule has 4 heterocycles. The van der Waals surface area contributed by atoms with Gasteiger partial charge in [0.2, 0.25) is 11.9 Å². The van der Waals surface area contributed by atoms with Crippen molar-refractivity contribution in [2.24, 2.45) is 0 Å². The molecule has 2 aliphatic rings. The van der Waals surface area contributed by atoms with E-state index in [0.29, 0.717) is 6.42 Å². The number of amides is 1. The average molecular weight is 342 g/mol. The lowest BCUT2D eigenvalue weighted by Crippen LogP contribution is -2.54. The first-order valence-electron chi connectivity index (χ1n) is 8.60. The van der Waals surface area contributed by atoms with Crippen LogP contribution in [0.2, 0.25) is 0 Å². The molecule has 2 saturated heterocycles. The second-order valence-electron chi connectivity index (χ2n) is 6.72. The summed E-state index contributed by atoms with van der Waals surface area (Å²) in [5.41, 5.74) is 1.27. The first-order chi connectivity index (χ1) is 11.8. The molecule has 0 aliphatic carbocycles. The van der Waals surface area contributed by atoms with Crippen LogP contribution in [0, 0.1) is 0 Å². The molecular weight excluding hydrogens is 320 g/mol. The summed E-state index contributed by atoms with van der Waals surface area (Å²) >= 11 is 1.65. The summed E-state index contributed by atoms with van der Waals surface area (Å²) in [5.74, 6) is 1.09. The highest BCUT2D eigenvalue weighted by Gasteiger charge is 2.44. The van der Waals surface area contributed by atoms with Crippen molar-refractivity contribution in [3.8, 4) is 0 Å². The zero-order valence-corrected chi connectivity index (χ0v) is 14.5. The molecule has 126 valence electrons. The predicted octanol–water partition coefficient (Wildman–Crippen LogP) is 2.74. The van der Waals surface area contributed by atoms with Crippen LogP contribution >= 0.6 is 11.3 Å². The lowest BCUT2D eigenvalue weighted by molar-refractivity contribution is -0.132. The predicted molar refractivity (Wildman–Crippen MR) is 95.2 cm³/mol. The fourth-order valence-electron chi connectivity index (χ4n) is 4.05. The molecule has 2 aliphatic heterocycles. The molecule has 0 atom stereocenters. The number of piperidine rings is 1. The van der Waals surface area contributed by atoms with Gasteiger partial charge in [-0.25, -0.2) is 9.97 Å². The molecule has 6 heteroatoms. The zero-order valence-electron chi connectivity index (χ0n) is 13.7. The molecule has 2 aromatic rings. The van der Waals surface area contributed by atoms with Crippen LogP contribution < -0.4 is 4.90 Å². The molecular formula is C18H22N4OS. The number of nitrogens with zero attached hydrogens (tertiary/aromatic N) is 4. The van der Waals surface area contributed by atoms with Crippen molar-refractivity contribution in [1.82, 2.24) is 14.9 Å². The standard InChI is InChI=1S/C18H22N4OS/c23-16(13-15-3-12-24-14-15)21-10-5-18(6-11-21)4-1-9-22(18)17-19-7-2-8-20-17/h2-3,7-8,12,14H,1,4-6,9-11,13H2. The number of likely N-dealkylation sites (tertiary alicyclic amines) is 1. The van der Waals surface area contributed by atoms with Crippen LogP contribution in [0.3, 0.4) is 0 Å². The SMILES string of the molecule is O=C(Cc1ccsc1)N1CCC2(CCCN2c2ncccn2)CC1. The van der Waals surface area contributed by atoms with Gasteiger partial charge >= 0.3 is 0 Å². The maximum Gasteiger partial charge on any atom is 0.227 e. The van der Waals surface area contributed by atoms with E-state index in [1.165, 1.54) is 12.8 Å². The Morgan fingerprint density at radius 3 is 2.67 bits per heavy atom. The van der Waals surface area contributed by atoms with E-state index in [1.807, 2.05) is 34.8 Å². The fourth-order valence-corrected chi connectivity index (χ4v) is 4.72. The highest BCUT2D eigenvalue weighted by molar-refractivity contribution is 7.08. The lowest BCUT2D eigenvalue weighted by Gasteiger charge is -2.45. The highest BCUT2D eigenvalue weighted by atomic mass is 32.1. The summed E-state index contributed by atoms with van der Waals surface area (Å²) in [6.07, 6.45) is 8.55. The van der Waals surface area contributed by atoms with Gasteiger partial charge in [-0.15, -0.1) is 0 Å². The Bertz CT molecular complexity index is 680. The molecule has 0 bridgehead atoms. The van der Waals surface area contributed by atoms with Gasteiger partial charge in [-0.05, 0) is 54.1 Å². The number of carbonyl (C=O) groups is 1. The zero-order chi connectivity index (χ0) is 16.4. The van der Waals surface area contributed by atoms with E-state index in [-0.39, 0.29) is 11.4 Å². The molecule has 1 amide bonds. The molecule has 0 radical (unpaired) electrons. The van der Waals surface area contributed by atoms with E-state index < -0.39 is 0 Å². The van der Waals surface area contributed by atoms with Gasteiger partial charge in [0, 0.05) is 37.6 Å². The van der Waals surface area contributed by atoms with E-state index in [4.69, 9.17) is 0 Å². The van der Waals surface area contributed by atoms with Crippen LogP contribution in [-0.2, 0) is 11.2 Å². The van der Waals surface area contributed by atoms with E-state index in [2.05, 4.69) is 20.2 Å². The van der Waals surface area contributed by atoms with Gasteiger partial charge in [-0.1, -0.05) is 0 Å². The van der Waals surface area contributed by atoms with Crippen LogP contribution in [0.15, 0.2) is 35.3 Å². The Labute approximate surface area is 146 Å². The number of hydrogen-bond acceptors (Lipinski definition) is 5. The van der Waals surface area contributed by atoms with Gasteiger partial charge in [-0.3, -0.25) is 4.79 Å². The minimum atomic E-state index is 0.139. The van der Waals surface area contributed by atoms with Crippen LogP contribution in [0.25, 0.3) is 0 Å². The van der Waals surface area contributed by atoms with Crippen molar-refractivity contribution in [3.63, 3.8) is 0 Å². The topological polar surface area (TPSA) is 49.3 Å². The number of rotatable bonds is 3. The summed E-state index contributed by atoms with van der Waals surface area (Å²) < 4.78 is 0. The van der Waals surface area contributed by atoms with Gasteiger partial charge in [0.25, 0.3) is 0 Å². The number of thiophene rings is 1. The van der Waals surface area contributed by atoms with E-state index in [9.17, 15) is 4.79 Å². The molecule has 0 aromatic carbocycles. The summed E-state index contributed by atoms with van der Waals surface area (Å²) in [6.45, 7) is 2.70. The number of carbonyl (C=O) groups excluding carboxylic acids is 1. The van der Waals surface area contributed by atoms with Crippen molar-refractivity contribution in [2.75, 3.05) is 24.5 Å². The molecule has 24 heavy (non-hydrogen) atoms. The van der Waals surface area contributed by atoms with Gasteiger partial charge in [0.05, 0.1) is 6.42 Å². The third-order valence-corrected chi connectivity index (χ3v) is 6.10. The minimum Gasteiger partial charge on any atom is -0.342 e. The summed E-state index contributed by atoms with van der Waals surface area (Å²) in [6, 6.07) is 3.90. The maximum atomic E-state index is 12.5. The molecule has 0 N–H and O–H groups in total. The van der Waals surface area contributed by atoms with Crippen LogP contribution in [0.5, 0.6) is 0 Å². The van der Waals surface area contributed by atoms with E-state index in [0.717, 1.165) is 44.0 Å². The molecule has 2 aromatic heterocycles. The lowest BCUT2D eigenvalue weighted by atomic mass is 9.85. The average Bonchev–Trinajstić information content (AvgIpc) is 3.26. The molecule has 0 saturated carbocycles. The minimum absolute atomic E-state index is 0.139. The third kappa shape index (κ3) is 2.90. The Hall–Kier alpha value is -1.95. The normalized spacial score (nSPS) is 19.8. The monoisotopic (exact) mass is 342 g/mol. The number of aromatic nitrogens is 2. The van der Waals surface area contributed by atoms with Crippen LogP contribution in [-0.4, -0.2) is 45.9 Å². The van der Waals surface area contributed by atoms with Crippen molar-refractivity contribution in [1.29, 1.82) is 0 Å². The smallest absolute Gasteiger partial charge is 0.227 e. The Morgan fingerprint density at radius 1 is 1.17 bits per heavy atom. The second-order valence-corrected chi connectivity index (χ2v) is 7.50. The Kier molecular flexibility index (Phi) is 4.22. The van der Waals surface area contributed by atoms with Gasteiger partial charge in [0.1, 0.15) is 0 Å². The van der Waals surface area contributed by atoms with E-state index >= 15 is 0 Å². The highest BCUT2D eigenvalue weighted by Crippen LogP contribution is 2.40. The van der Waals surface area contributed by atoms with Crippen molar-refractivity contribution in [3.05, 3.63) is 40.8 Å². The van der Waals surface area contributed by atoms with Crippen LogP contribution in [0.1, 0.15) is 31.2 Å². The second kappa shape index (κ2) is 6.51. The molecule has 4 rings (SSSR count). The van der Waals surface area contributed by atoms with E-state index in [1.54, 1.807) is 11.3 Å². The molecule has 2 fully saturated rings. The van der Waals surface area contributed by atoms with Gasteiger partial charge < -0.3 is 9.80 Å². The van der Waals surface area contributed by atoms with Crippen molar-refractivity contribution >= 4 is 23.2 Å². The maximum absolute atomic E-state index is 12.5. The summed E-state index contributed by atoms with van der Waals surface area (Å²) in [5, 5.41) is 4.10. The van der Waals surface area contributed by atoms with Crippen molar-refractivity contribution < 1.29 is 4.79 Å². The van der Waals surface area contributed by atoms with Crippen molar-refractivity contribution in [2.45, 2.75) is 37.6 Å². The number of anilines is 1. The third-order valence-electron chi connectivity index (χ3n) is 5.37. The largest absolute Gasteiger partial charge is 0.342 e. The summed E-state index contributed by atoms with van der Waals surface area (Å²) in [7, 11) is 0. The molecule has 0 unspecified atom stereocenters. The summed E-state index contributed by atoms with van der Waals surface area (Å²) in [4.78, 5) is 25.8. The molecule has 1 spiro atoms. The Balaban J connectivity index is 1.42. The Morgan fingerprint density at radius 2 is 1.96 bits per heavy atom. The van der Waals surface area contributed by atoms with Gasteiger partial charge in [0.15, 0.2) is 0 Å². The van der Waals surface area contributed by atoms with Gasteiger partial charge in [-0.2, -0.15) is 11.3 Å². The first kappa shape index (κ1) is 15.6. The fraction of sp³-hybridized carbons (Fsp3) is 0.500. The first-order valence-corrected chi connectivity index (χ1v) is 9.55. The van der Waals surface area contributed by atoms with Crippen LogP contribution in [0.4, 0.5) is 5.95 Å². The number of hydrogen-bond donors (Lipinski definition) is 0.